The lowest BCUT2D eigenvalue weighted by molar-refractivity contribution is -0.139. The molecule has 0 bridgehead atoms. The van der Waals surface area contributed by atoms with Crippen molar-refractivity contribution in [3.63, 3.8) is 0 Å². The summed E-state index contributed by atoms with van der Waals surface area (Å²) >= 11 is 1.09. The number of rotatable bonds is 6. The van der Waals surface area contributed by atoms with Gasteiger partial charge in [-0.3, -0.25) is 10.1 Å². The second-order valence-corrected chi connectivity index (χ2v) is 5.21. The first kappa shape index (κ1) is 15.6. The molecule has 0 radical (unpaired) electrons. The van der Waals surface area contributed by atoms with Gasteiger partial charge in [-0.25, -0.2) is 0 Å². The molecule has 6 atom stereocenters. The normalized spacial score (nSPS) is 30.7. The maximum Gasteiger partial charge on any atom is 0.321 e. The number of hydrogen-bond acceptors (Lipinski definition) is 8. The second-order valence-electron chi connectivity index (χ2n) is 4.03. The summed E-state index contributed by atoms with van der Waals surface area (Å²) in [5, 5.41) is 57.1. The van der Waals surface area contributed by atoms with Gasteiger partial charge in [0, 0.05) is 5.75 Å². The van der Waals surface area contributed by atoms with E-state index in [0.29, 0.717) is 0 Å². The quantitative estimate of drug-likeness (QED) is 0.264. The second kappa shape index (κ2) is 6.66. The topological polar surface area (TPSA) is 150 Å². The van der Waals surface area contributed by atoms with Crippen molar-refractivity contribution in [3.8, 4) is 0 Å². The fourth-order valence-electron chi connectivity index (χ4n) is 1.55. The van der Waals surface area contributed by atoms with Crippen LogP contribution < -0.4 is 5.32 Å². The smallest absolute Gasteiger partial charge is 0.321 e. The van der Waals surface area contributed by atoms with Gasteiger partial charge in [-0.05, 0) is 0 Å². The molecular weight excluding hydrogens is 266 g/mol. The number of carboxylic acids is 1. The van der Waals surface area contributed by atoms with Crippen LogP contribution in [0.25, 0.3) is 0 Å². The molecule has 0 aromatic rings. The van der Waals surface area contributed by atoms with E-state index in [4.69, 9.17) is 15.3 Å². The Morgan fingerprint density at radius 2 is 1.89 bits per heavy atom. The van der Waals surface area contributed by atoms with Crippen LogP contribution >= 0.6 is 11.8 Å². The number of nitrogens with one attached hydrogen (secondary N) is 1. The molecule has 1 aliphatic rings. The van der Waals surface area contributed by atoms with Crippen LogP contribution in [0.3, 0.4) is 0 Å². The zero-order chi connectivity index (χ0) is 13.9. The third-order valence-electron chi connectivity index (χ3n) is 2.70. The van der Waals surface area contributed by atoms with Crippen LogP contribution in [0.2, 0.25) is 0 Å². The lowest BCUT2D eigenvalue weighted by Gasteiger charge is -2.28. The van der Waals surface area contributed by atoms with Gasteiger partial charge in [0.15, 0.2) is 0 Å². The lowest BCUT2D eigenvalue weighted by atomic mass is 10.0. The Hall–Kier alpha value is -0.420. The Balaban J connectivity index is 2.54. The Bertz CT molecular complexity index is 292. The summed E-state index contributed by atoms with van der Waals surface area (Å²) in [5.41, 5.74) is 0. The molecule has 0 spiro atoms. The zero-order valence-corrected chi connectivity index (χ0v) is 10.2. The Kier molecular flexibility index (Phi) is 5.79. The van der Waals surface area contributed by atoms with Crippen LogP contribution in [0.4, 0.5) is 0 Å². The van der Waals surface area contributed by atoms with E-state index in [2.05, 4.69) is 5.32 Å². The summed E-state index contributed by atoms with van der Waals surface area (Å²) in [5.74, 6) is -0.842. The van der Waals surface area contributed by atoms with Gasteiger partial charge < -0.3 is 30.6 Å². The molecule has 0 aliphatic carbocycles. The first-order chi connectivity index (χ1) is 8.38. The molecule has 1 heterocycles. The van der Waals surface area contributed by atoms with Crippen molar-refractivity contribution in [1.29, 1.82) is 0 Å². The van der Waals surface area contributed by atoms with Crippen molar-refractivity contribution >= 4 is 17.7 Å². The van der Waals surface area contributed by atoms with Gasteiger partial charge in [-0.15, -0.1) is 11.8 Å². The van der Waals surface area contributed by atoms with Crippen molar-refractivity contribution in [2.75, 3.05) is 12.4 Å². The largest absolute Gasteiger partial charge is 0.480 e. The fraction of sp³-hybridized carbons (Fsp3) is 0.889. The maximum atomic E-state index is 10.7. The van der Waals surface area contributed by atoms with Crippen molar-refractivity contribution in [3.05, 3.63) is 0 Å². The molecule has 1 rings (SSSR count). The Labute approximate surface area is 107 Å². The first-order valence-electron chi connectivity index (χ1n) is 5.32. The van der Waals surface area contributed by atoms with Gasteiger partial charge in [0.05, 0.1) is 12.0 Å². The summed E-state index contributed by atoms with van der Waals surface area (Å²) < 4.78 is 0. The summed E-state index contributed by atoms with van der Waals surface area (Å²) in [4.78, 5) is 10.7. The molecule has 0 saturated carbocycles. The lowest BCUT2D eigenvalue weighted by Crippen LogP contribution is -2.52. The molecule has 0 amide bonds. The van der Waals surface area contributed by atoms with E-state index in [-0.39, 0.29) is 5.75 Å². The van der Waals surface area contributed by atoms with Crippen LogP contribution in [0.15, 0.2) is 0 Å². The van der Waals surface area contributed by atoms with Crippen LogP contribution in [0, 0.1) is 0 Å². The monoisotopic (exact) mass is 283 g/mol. The average molecular weight is 283 g/mol. The van der Waals surface area contributed by atoms with E-state index in [1.54, 1.807) is 0 Å². The van der Waals surface area contributed by atoms with Crippen LogP contribution in [0.1, 0.15) is 0 Å². The van der Waals surface area contributed by atoms with Gasteiger partial charge in [-0.1, -0.05) is 0 Å². The molecule has 0 aromatic carbocycles. The highest BCUT2D eigenvalue weighted by atomic mass is 32.2. The van der Waals surface area contributed by atoms with E-state index in [1.807, 2.05) is 0 Å². The van der Waals surface area contributed by atoms with E-state index >= 15 is 0 Å². The fourth-order valence-corrected chi connectivity index (χ4v) is 2.81. The average Bonchev–Trinajstić information content (AvgIpc) is 2.84. The summed E-state index contributed by atoms with van der Waals surface area (Å²) in [6.45, 7) is -0.756. The van der Waals surface area contributed by atoms with Gasteiger partial charge in [0.1, 0.15) is 30.5 Å². The van der Waals surface area contributed by atoms with Crippen molar-refractivity contribution in [2.45, 2.75) is 35.8 Å². The number of aliphatic carboxylic acids is 1. The SMILES string of the molecule is O=C(O)[C@@H]1CS[C@H]([C@H](O)[C@@H](O)[C@@H](O)[C@H](O)CO)N1. The molecule has 1 saturated heterocycles. The molecule has 1 fully saturated rings. The van der Waals surface area contributed by atoms with Crippen molar-refractivity contribution < 1.29 is 35.4 Å². The molecule has 18 heavy (non-hydrogen) atoms. The van der Waals surface area contributed by atoms with Crippen molar-refractivity contribution in [2.24, 2.45) is 0 Å². The molecule has 8 nitrogen and oxygen atoms in total. The number of carboxylic acid groups (broad SMARTS) is 1. The van der Waals surface area contributed by atoms with Gasteiger partial charge in [0.25, 0.3) is 0 Å². The highest BCUT2D eigenvalue weighted by molar-refractivity contribution is 8.00. The predicted octanol–water partition coefficient (Wildman–Crippen LogP) is -3.46. The van der Waals surface area contributed by atoms with Crippen molar-refractivity contribution in [1.82, 2.24) is 5.32 Å². The summed E-state index contributed by atoms with van der Waals surface area (Å²) in [6.07, 6.45) is -6.44. The minimum Gasteiger partial charge on any atom is -0.480 e. The third-order valence-corrected chi connectivity index (χ3v) is 4.00. The van der Waals surface area contributed by atoms with Crippen LogP contribution in [0.5, 0.6) is 0 Å². The minimum absolute atomic E-state index is 0.225. The summed E-state index contributed by atoms with van der Waals surface area (Å²) in [6, 6.07) is -0.832. The van der Waals surface area contributed by atoms with E-state index in [1.165, 1.54) is 0 Å². The third kappa shape index (κ3) is 3.54. The van der Waals surface area contributed by atoms with E-state index in [0.717, 1.165) is 11.8 Å². The Morgan fingerprint density at radius 1 is 1.28 bits per heavy atom. The molecule has 1 aliphatic heterocycles. The number of aliphatic hydroxyl groups excluding tert-OH is 5. The standard InChI is InChI=1S/C9H17NO7S/c11-1-4(12)5(13)6(14)7(15)8-10-3(2-18-8)9(16)17/h3-8,10-15H,1-2H2,(H,16,17)/t3-,4+,5-,6-,7+,8+/m0/s1. The minimum atomic E-state index is -1.71. The first-order valence-corrected chi connectivity index (χ1v) is 6.37. The molecule has 0 aromatic heterocycles. The molecule has 7 N–H and O–H groups in total. The number of hydrogen-bond donors (Lipinski definition) is 7. The Morgan fingerprint density at radius 3 is 2.33 bits per heavy atom. The van der Waals surface area contributed by atoms with Gasteiger partial charge in [-0.2, -0.15) is 0 Å². The molecule has 0 unspecified atom stereocenters. The van der Waals surface area contributed by atoms with Gasteiger partial charge >= 0.3 is 5.97 Å². The zero-order valence-electron chi connectivity index (χ0n) is 9.38. The number of thioether (sulfide) groups is 1. The number of aliphatic hydroxyl groups is 5. The molecular formula is C9H17NO7S. The predicted molar refractivity (Wildman–Crippen MR) is 61.9 cm³/mol. The van der Waals surface area contributed by atoms with E-state index < -0.39 is 48.4 Å². The number of carbonyl (C=O) groups is 1. The van der Waals surface area contributed by atoms with Gasteiger partial charge in [0.2, 0.25) is 0 Å². The maximum absolute atomic E-state index is 10.7. The highest BCUT2D eigenvalue weighted by Crippen LogP contribution is 2.24. The summed E-state index contributed by atoms with van der Waals surface area (Å²) in [7, 11) is 0. The van der Waals surface area contributed by atoms with Crippen LogP contribution in [-0.4, -0.2) is 84.8 Å². The van der Waals surface area contributed by atoms with E-state index in [9.17, 15) is 20.1 Å². The van der Waals surface area contributed by atoms with Crippen LogP contribution in [-0.2, 0) is 4.79 Å². The molecule has 9 heteroatoms. The molecule has 106 valence electrons. The highest BCUT2D eigenvalue weighted by Gasteiger charge is 2.40.